The molecule has 1 amide bonds. The van der Waals surface area contributed by atoms with Crippen molar-refractivity contribution in [1.29, 1.82) is 0 Å². The van der Waals surface area contributed by atoms with E-state index in [1.54, 1.807) is 24.3 Å². The monoisotopic (exact) mass is 346 g/mol. The van der Waals surface area contributed by atoms with Gasteiger partial charge < -0.3 is 5.32 Å². The summed E-state index contributed by atoms with van der Waals surface area (Å²) in [5.41, 5.74) is 4.38. The summed E-state index contributed by atoms with van der Waals surface area (Å²) >= 11 is 0. The largest absolute Gasteiger partial charge is 0.326 e. The van der Waals surface area contributed by atoms with Gasteiger partial charge in [0.2, 0.25) is 15.9 Å². The van der Waals surface area contributed by atoms with Crippen LogP contribution in [0.25, 0.3) is 0 Å². The molecule has 0 saturated heterocycles. The highest BCUT2D eigenvalue weighted by Gasteiger charge is 2.12. The number of benzene rings is 2. The zero-order valence-corrected chi connectivity index (χ0v) is 15.1. The van der Waals surface area contributed by atoms with Gasteiger partial charge in [-0.25, -0.2) is 8.42 Å². The minimum Gasteiger partial charge on any atom is -0.326 e. The fourth-order valence-corrected chi connectivity index (χ4v) is 2.79. The first-order valence-electron chi connectivity index (χ1n) is 7.57. The van der Waals surface area contributed by atoms with Crippen LogP contribution < -0.4 is 9.62 Å². The molecule has 1 N–H and O–H groups in total. The number of rotatable bonds is 5. The van der Waals surface area contributed by atoms with Crippen LogP contribution in [0.4, 0.5) is 11.4 Å². The van der Waals surface area contributed by atoms with Crippen LogP contribution in [0, 0.1) is 13.8 Å². The van der Waals surface area contributed by atoms with E-state index in [1.165, 1.54) is 11.4 Å². The van der Waals surface area contributed by atoms with E-state index in [4.69, 9.17) is 0 Å². The molecule has 2 aromatic carbocycles. The van der Waals surface area contributed by atoms with Gasteiger partial charge >= 0.3 is 0 Å². The number of nitrogens with zero attached hydrogens (tertiary/aromatic N) is 1. The molecule has 24 heavy (non-hydrogen) atoms. The Hall–Kier alpha value is -2.34. The molecule has 0 spiro atoms. The van der Waals surface area contributed by atoms with E-state index in [9.17, 15) is 13.2 Å². The Kier molecular flexibility index (Phi) is 5.29. The van der Waals surface area contributed by atoms with E-state index in [1.807, 2.05) is 32.0 Å². The van der Waals surface area contributed by atoms with Gasteiger partial charge in [-0.15, -0.1) is 0 Å². The number of anilines is 2. The lowest BCUT2D eigenvalue weighted by Gasteiger charge is -2.16. The van der Waals surface area contributed by atoms with Crippen molar-refractivity contribution < 1.29 is 13.2 Å². The lowest BCUT2D eigenvalue weighted by Crippen LogP contribution is -2.24. The summed E-state index contributed by atoms with van der Waals surface area (Å²) in [6.45, 7) is 3.97. The summed E-state index contributed by atoms with van der Waals surface area (Å²) in [6.07, 6.45) is 1.38. The maximum Gasteiger partial charge on any atom is 0.231 e. The summed E-state index contributed by atoms with van der Waals surface area (Å²) in [7, 11) is -1.79. The topological polar surface area (TPSA) is 66.5 Å². The molecule has 0 unspecified atom stereocenters. The minimum atomic E-state index is -3.29. The Morgan fingerprint density at radius 2 is 1.71 bits per heavy atom. The number of nitrogens with one attached hydrogen (secondary N) is 1. The predicted molar refractivity (Wildman–Crippen MR) is 97.9 cm³/mol. The zero-order valence-electron chi connectivity index (χ0n) is 14.3. The van der Waals surface area contributed by atoms with E-state index in [0.29, 0.717) is 5.69 Å². The van der Waals surface area contributed by atoms with Crippen LogP contribution in [0.3, 0.4) is 0 Å². The summed E-state index contributed by atoms with van der Waals surface area (Å²) in [5.74, 6) is -0.104. The molecule has 0 bridgehead atoms. The molecule has 0 aromatic heterocycles. The Morgan fingerprint density at radius 3 is 2.29 bits per heavy atom. The highest BCUT2D eigenvalue weighted by atomic mass is 32.2. The second-order valence-electron chi connectivity index (χ2n) is 5.87. The van der Waals surface area contributed by atoms with Crippen LogP contribution in [-0.4, -0.2) is 27.6 Å². The molecule has 6 heteroatoms. The third-order valence-corrected chi connectivity index (χ3v) is 5.25. The lowest BCUT2D eigenvalue weighted by molar-refractivity contribution is -0.115. The van der Waals surface area contributed by atoms with Crippen molar-refractivity contribution in [3.05, 3.63) is 59.2 Å². The van der Waals surface area contributed by atoms with Gasteiger partial charge in [0, 0.05) is 12.7 Å². The van der Waals surface area contributed by atoms with Crippen molar-refractivity contribution in [2.75, 3.05) is 22.9 Å². The van der Waals surface area contributed by atoms with Crippen LogP contribution in [0.2, 0.25) is 0 Å². The molecular formula is C18H22N2O3S. The summed E-state index contributed by atoms with van der Waals surface area (Å²) in [4.78, 5) is 12.2. The van der Waals surface area contributed by atoms with Crippen molar-refractivity contribution in [3.8, 4) is 0 Å². The number of sulfonamides is 1. The van der Waals surface area contributed by atoms with Crippen molar-refractivity contribution in [3.63, 3.8) is 0 Å². The number of carbonyl (C=O) groups excluding carboxylic acids is 1. The van der Waals surface area contributed by atoms with Gasteiger partial charge in [-0.1, -0.05) is 24.3 Å². The smallest absolute Gasteiger partial charge is 0.231 e. The number of hydrogen-bond donors (Lipinski definition) is 1. The van der Waals surface area contributed by atoms with Gasteiger partial charge in [0.1, 0.15) is 0 Å². The van der Waals surface area contributed by atoms with Crippen molar-refractivity contribution in [2.45, 2.75) is 20.3 Å². The van der Waals surface area contributed by atoms with Crippen LogP contribution in [0.5, 0.6) is 0 Å². The van der Waals surface area contributed by atoms with Gasteiger partial charge in [0.05, 0.1) is 18.4 Å². The van der Waals surface area contributed by atoms with Gasteiger partial charge in [0.25, 0.3) is 0 Å². The first kappa shape index (κ1) is 18.0. The molecule has 0 radical (unpaired) electrons. The second kappa shape index (κ2) is 7.05. The van der Waals surface area contributed by atoms with E-state index < -0.39 is 10.0 Å². The standard InChI is InChI=1S/C18H22N2O3S/c1-13-6-5-7-17(14(13)2)19-18(21)12-15-8-10-16(11-9-15)20(3)24(4,22)23/h5-11H,12H2,1-4H3,(H,19,21). The minimum absolute atomic E-state index is 0.104. The van der Waals surface area contributed by atoms with E-state index in [-0.39, 0.29) is 12.3 Å². The summed E-state index contributed by atoms with van der Waals surface area (Å²) in [6, 6.07) is 12.7. The average Bonchev–Trinajstić information content (AvgIpc) is 2.51. The molecule has 0 aliphatic heterocycles. The molecular weight excluding hydrogens is 324 g/mol. The first-order chi connectivity index (χ1) is 11.2. The number of carbonyl (C=O) groups is 1. The summed E-state index contributed by atoms with van der Waals surface area (Å²) in [5, 5.41) is 2.92. The third-order valence-electron chi connectivity index (χ3n) is 4.04. The molecule has 0 fully saturated rings. The molecule has 5 nitrogen and oxygen atoms in total. The van der Waals surface area contributed by atoms with Gasteiger partial charge in [-0.05, 0) is 48.7 Å². The predicted octanol–water partition coefficient (Wildman–Crippen LogP) is 2.88. The van der Waals surface area contributed by atoms with Gasteiger partial charge in [-0.3, -0.25) is 9.10 Å². The van der Waals surface area contributed by atoms with E-state index in [0.717, 1.165) is 28.6 Å². The Bertz CT molecular complexity index is 843. The molecule has 0 aliphatic rings. The Balaban J connectivity index is 2.06. The number of aryl methyl sites for hydroxylation is 1. The van der Waals surface area contributed by atoms with Crippen LogP contribution >= 0.6 is 0 Å². The maximum absolute atomic E-state index is 12.2. The third kappa shape index (κ3) is 4.35. The van der Waals surface area contributed by atoms with Crippen LogP contribution in [0.1, 0.15) is 16.7 Å². The van der Waals surface area contributed by atoms with Gasteiger partial charge in [0.15, 0.2) is 0 Å². The van der Waals surface area contributed by atoms with Crippen molar-refractivity contribution in [1.82, 2.24) is 0 Å². The van der Waals surface area contributed by atoms with E-state index >= 15 is 0 Å². The maximum atomic E-state index is 12.2. The molecule has 0 atom stereocenters. The van der Waals surface area contributed by atoms with E-state index in [2.05, 4.69) is 5.32 Å². The Labute approximate surface area is 143 Å². The van der Waals surface area contributed by atoms with Crippen LogP contribution in [-0.2, 0) is 21.2 Å². The SMILES string of the molecule is Cc1cccc(NC(=O)Cc2ccc(N(C)S(C)(=O)=O)cc2)c1C. The zero-order chi connectivity index (χ0) is 17.9. The first-order valence-corrected chi connectivity index (χ1v) is 9.42. The quantitative estimate of drug-likeness (QED) is 0.905. The highest BCUT2D eigenvalue weighted by Crippen LogP contribution is 2.19. The molecule has 0 aliphatic carbocycles. The normalized spacial score (nSPS) is 11.2. The molecule has 0 saturated carbocycles. The summed E-state index contributed by atoms with van der Waals surface area (Å²) < 4.78 is 24.2. The fraction of sp³-hybridized carbons (Fsp3) is 0.278. The van der Waals surface area contributed by atoms with Crippen molar-refractivity contribution >= 4 is 27.3 Å². The highest BCUT2D eigenvalue weighted by molar-refractivity contribution is 7.92. The van der Waals surface area contributed by atoms with Gasteiger partial charge in [-0.2, -0.15) is 0 Å². The molecule has 128 valence electrons. The molecule has 2 aromatic rings. The fourth-order valence-electron chi connectivity index (χ4n) is 2.28. The second-order valence-corrected chi connectivity index (χ2v) is 7.88. The number of hydrogen-bond acceptors (Lipinski definition) is 3. The van der Waals surface area contributed by atoms with Crippen molar-refractivity contribution in [2.24, 2.45) is 0 Å². The van der Waals surface area contributed by atoms with Crippen LogP contribution in [0.15, 0.2) is 42.5 Å². The molecule has 2 rings (SSSR count). The number of amides is 1. The average molecular weight is 346 g/mol. The Morgan fingerprint density at radius 1 is 1.08 bits per heavy atom. The molecule has 0 heterocycles. The lowest BCUT2D eigenvalue weighted by atomic mass is 10.1.